The van der Waals surface area contributed by atoms with Crippen LogP contribution in [0.2, 0.25) is 0 Å². The highest BCUT2D eigenvalue weighted by molar-refractivity contribution is 9.10. The van der Waals surface area contributed by atoms with E-state index in [1.807, 2.05) is 60.7 Å². The molecule has 0 aliphatic carbocycles. The Morgan fingerprint density at radius 2 is 1.49 bits per heavy atom. The van der Waals surface area contributed by atoms with E-state index in [0.29, 0.717) is 50.0 Å². The molecule has 4 fully saturated rings. The third kappa shape index (κ3) is 12.5. The van der Waals surface area contributed by atoms with Gasteiger partial charge in [-0.05, 0) is 121 Å². The molecular formula is C58H62BrF2N10O12P. The minimum absolute atomic E-state index is 0.00407. The van der Waals surface area contributed by atoms with Crippen molar-refractivity contribution in [3.05, 3.63) is 141 Å². The third-order valence-electron chi connectivity index (χ3n) is 16.6. The SMILES string of the molecule is NC(=O)CC[C@H](NC(=O)[C@@H]1CC[C@@H]2CCN(CC3CCN(Cc4ccc5c(c4Br)C(=O)N(C4CCC(=O)NC4=O)C5=O)CC3)C[C@H](NC(=O)c3cc4cc(C(F)(F)P(=O)(O)O)ccc4[nH]3)C(=O)N21)C(=O)NC(c1ccccc1)c1ccccc1. The van der Waals surface area contributed by atoms with Crippen molar-refractivity contribution >= 4 is 87.6 Å². The van der Waals surface area contributed by atoms with Crippen molar-refractivity contribution < 1.29 is 66.3 Å². The molecule has 6 heterocycles. The third-order valence-corrected chi connectivity index (χ3v) is 18.5. The molecule has 4 saturated heterocycles. The van der Waals surface area contributed by atoms with Crippen LogP contribution in [0.3, 0.4) is 0 Å². The number of carbonyl (C=O) groups is 9. The molecule has 0 saturated carbocycles. The number of aromatic nitrogens is 1. The van der Waals surface area contributed by atoms with Crippen molar-refractivity contribution in [3.8, 4) is 0 Å². The summed E-state index contributed by atoms with van der Waals surface area (Å²) in [5.41, 5.74) is 2.70. The maximum atomic E-state index is 15.2. The molecule has 26 heteroatoms. The van der Waals surface area contributed by atoms with Crippen molar-refractivity contribution in [2.45, 2.75) is 106 Å². The standard InChI is InChI=1S/C58H62BrF2N10O12P/c59-49-35(11-14-39-48(49)57(80)71(55(39)78)45-18-20-47(73)66-54(45)77)30-68-24-21-32(22-25-68)29-69-26-23-38-13-17-44(53(76)64-41(16-19-46(62)72)51(74)67-50(33-7-3-1-4-8-33)34-9-5-2-6-10-34)70(38)56(79)43(31-69)65-52(75)42-28-36-27-37(12-15-40(36)63-42)58(60,61)84(81,82)83/h1-12,14-15,27-28,32,38,41,43-45,50,63H,13,16-26,29-31H2,(H2,62,72)(H,64,76)(H,65,75)(H,67,74)(H,66,73,77)(H2,81,82,83)/t38-,41+,43+,44+,45?/m1/s1. The van der Waals surface area contributed by atoms with E-state index in [9.17, 15) is 61.5 Å². The van der Waals surface area contributed by atoms with Crippen LogP contribution in [0, 0.1) is 5.92 Å². The number of nitrogens with one attached hydrogen (secondary N) is 5. The molecule has 9 N–H and O–H groups in total. The van der Waals surface area contributed by atoms with Gasteiger partial charge < -0.3 is 46.3 Å². The number of nitrogens with zero attached hydrogens (tertiary/aromatic N) is 4. The minimum Gasteiger partial charge on any atom is -0.370 e. The maximum absolute atomic E-state index is 15.2. The zero-order valence-electron chi connectivity index (χ0n) is 45.3. The molecule has 4 aromatic carbocycles. The average Bonchev–Trinajstić information content (AvgIpc) is 1.86. The second-order valence-corrected chi connectivity index (χ2v) is 24.5. The molecule has 0 radical (unpaired) electrons. The van der Waals surface area contributed by atoms with E-state index in [1.165, 1.54) is 11.0 Å². The van der Waals surface area contributed by atoms with E-state index >= 15 is 4.79 Å². The van der Waals surface area contributed by atoms with E-state index in [0.717, 1.165) is 52.6 Å². The number of imide groups is 2. The van der Waals surface area contributed by atoms with Gasteiger partial charge in [0.1, 0.15) is 29.9 Å². The number of halogens is 3. The summed E-state index contributed by atoms with van der Waals surface area (Å²) in [5, 5.41) is 11.0. The molecule has 9 amide bonds. The molecular weight excluding hydrogens is 1180 g/mol. The van der Waals surface area contributed by atoms with Gasteiger partial charge in [0.15, 0.2) is 0 Å². The largest absolute Gasteiger partial charge is 0.399 e. The van der Waals surface area contributed by atoms with Crippen molar-refractivity contribution in [1.29, 1.82) is 0 Å². The summed E-state index contributed by atoms with van der Waals surface area (Å²) >= 11 is 3.58. The van der Waals surface area contributed by atoms with E-state index < -0.39 is 108 Å². The number of fused-ring (bicyclic) bond motifs is 3. The second-order valence-electron chi connectivity index (χ2n) is 22.1. The molecule has 5 aliphatic heterocycles. The Labute approximate surface area is 488 Å². The molecule has 442 valence electrons. The highest BCUT2D eigenvalue weighted by Crippen LogP contribution is 2.59. The number of alkyl halides is 2. The molecule has 1 aromatic heterocycles. The summed E-state index contributed by atoms with van der Waals surface area (Å²) in [4.78, 5) is 151. The van der Waals surface area contributed by atoms with Gasteiger partial charge in [0, 0.05) is 66.0 Å². The van der Waals surface area contributed by atoms with Crippen LogP contribution in [0.1, 0.15) is 117 Å². The summed E-state index contributed by atoms with van der Waals surface area (Å²) in [5.74, 6) is -5.62. The van der Waals surface area contributed by atoms with E-state index in [4.69, 9.17) is 5.73 Å². The highest BCUT2D eigenvalue weighted by Gasteiger charge is 2.51. The minimum atomic E-state index is -5.92. The van der Waals surface area contributed by atoms with Crippen LogP contribution >= 0.6 is 23.5 Å². The molecule has 84 heavy (non-hydrogen) atoms. The summed E-state index contributed by atoms with van der Waals surface area (Å²) in [6, 6.07) is 20.0. The van der Waals surface area contributed by atoms with Crippen LogP contribution in [0.4, 0.5) is 8.78 Å². The first-order valence-corrected chi connectivity index (χ1v) is 30.1. The van der Waals surface area contributed by atoms with Crippen LogP contribution in [0.15, 0.2) is 102 Å². The maximum Gasteiger partial charge on any atom is 0.399 e. The molecule has 5 aromatic rings. The van der Waals surface area contributed by atoms with Gasteiger partial charge in [0.25, 0.3) is 17.7 Å². The number of piperidine rings is 2. The van der Waals surface area contributed by atoms with Crippen LogP contribution < -0.4 is 27.0 Å². The van der Waals surface area contributed by atoms with Gasteiger partial charge >= 0.3 is 13.3 Å². The summed E-state index contributed by atoms with van der Waals surface area (Å²) in [6.45, 7) is 2.68. The first kappa shape index (κ1) is 59.6. The van der Waals surface area contributed by atoms with Crippen molar-refractivity contribution in [2.75, 3.05) is 32.7 Å². The Bertz CT molecular complexity index is 3450. The fraction of sp³-hybridized carbons (Fsp3) is 0.397. The van der Waals surface area contributed by atoms with Gasteiger partial charge in [-0.3, -0.25) is 62.8 Å². The Morgan fingerprint density at radius 1 is 0.810 bits per heavy atom. The number of hydrogen-bond donors (Lipinski definition) is 8. The van der Waals surface area contributed by atoms with Crippen LogP contribution in [-0.4, -0.2) is 150 Å². The zero-order chi connectivity index (χ0) is 59.8. The molecule has 0 bridgehead atoms. The van der Waals surface area contributed by atoms with Gasteiger partial charge in [-0.1, -0.05) is 72.8 Å². The lowest BCUT2D eigenvalue weighted by Gasteiger charge is -2.41. The number of hydrogen-bond acceptors (Lipinski definition) is 12. The number of H-pyrrole nitrogens is 1. The molecule has 1 unspecified atom stereocenters. The summed E-state index contributed by atoms with van der Waals surface area (Å²) < 4.78 is 41.7. The Balaban J connectivity index is 0.852. The summed E-state index contributed by atoms with van der Waals surface area (Å²) in [7, 11) is -5.92. The Hall–Kier alpha value is -7.54. The lowest BCUT2D eigenvalue weighted by Crippen LogP contribution is -2.61. The number of amides is 9. The predicted molar refractivity (Wildman–Crippen MR) is 302 cm³/mol. The predicted octanol–water partition coefficient (Wildman–Crippen LogP) is 4.29. The summed E-state index contributed by atoms with van der Waals surface area (Å²) in [6.07, 6.45) is 2.14. The molecule has 5 atom stereocenters. The van der Waals surface area contributed by atoms with Gasteiger partial charge in [-0.15, -0.1) is 0 Å². The van der Waals surface area contributed by atoms with E-state index in [-0.39, 0.29) is 72.3 Å². The van der Waals surface area contributed by atoms with Crippen LogP contribution in [0.5, 0.6) is 0 Å². The number of likely N-dealkylation sites (tertiary alicyclic amines) is 1. The second kappa shape index (κ2) is 24.6. The fourth-order valence-electron chi connectivity index (χ4n) is 12.1. The molecule has 10 rings (SSSR count). The van der Waals surface area contributed by atoms with Crippen molar-refractivity contribution in [2.24, 2.45) is 11.7 Å². The van der Waals surface area contributed by atoms with Crippen LogP contribution in [0.25, 0.3) is 10.9 Å². The highest BCUT2D eigenvalue weighted by atomic mass is 79.9. The number of aromatic amines is 1. The number of nitrogens with two attached hydrogens (primary N) is 1. The Morgan fingerprint density at radius 3 is 2.14 bits per heavy atom. The number of carbonyl (C=O) groups excluding carboxylic acids is 9. The average molecular weight is 1240 g/mol. The van der Waals surface area contributed by atoms with Crippen LogP contribution in [-0.2, 0) is 45.5 Å². The van der Waals surface area contributed by atoms with E-state index in [2.05, 4.69) is 52.0 Å². The fourth-order valence-corrected chi connectivity index (χ4v) is 13.3. The zero-order valence-corrected chi connectivity index (χ0v) is 47.8. The number of primary amides is 1. The van der Waals surface area contributed by atoms with Gasteiger partial charge in [0.05, 0.1) is 17.2 Å². The van der Waals surface area contributed by atoms with E-state index in [1.54, 1.807) is 12.1 Å². The van der Waals surface area contributed by atoms with Crippen molar-refractivity contribution in [3.63, 3.8) is 0 Å². The molecule has 0 spiro atoms. The lowest BCUT2D eigenvalue weighted by atomic mass is 9.94. The van der Waals surface area contributed by atoms with Gasteiger partial charge in [-0.25, -0.2) is 0 Å². The number of benzene rings is 4. The molecule has 5 aliphatic rings. The topological polar surface area (TPSA) is 314 Å². The monoisotopic (exact) mass is 1240 g/mol. The number of rotatable bonds is 18. The normalized spacial score (nSPS) is 21.4. The first-order chi connectivity index (χ1) is 40.1. The van der Waals surface area contributed by atoms with Gasteiger partial charge in [0.2, 0.25) is 35.4 Å². The van der Waals surface area contributed by atoms with Crippen molar-refractivity contribution in [1.82, 2.24) is 45.9 Å². The quantitative estimate of drug-likeness (QED) is 0.0449. The molecule has 22 nitrogen and oxygen atoms in total. The lowest BCUT2D eigenvalue weighted by molar-refractivity contribution is -0.144. The van der Waals surface area contributed by atoms with Gasteiger partial charge in [-0.2, -0.15) is 8.78 Å². The Kier molecular flexibility index (Phi) is 17.4. The first-order valence-electron chi connectivity index (χ1n) is 27.7. The smallest absolute Gasteiger partial charge is 0.370 e.